The minimum atomic E-state index is 0.854. The zero-order valence-corrected chi connectivity index (χ0v) is 14.0. The van der Waals surface area contributed by atoms with Crippen molar-refractivity contribution in [3.63, 3.8) is 0 Å². The fourth-order valence-electron chi connectivity index (χ4n) is 2.74. The van der Waals surface area contributed by atoms with Crippen molar-refractivity contribution in [2.75, 3.05) is 46.9 Å². The third kappa shape index (κ3) is 3.45. The first-order valence-electron chi connectivity index (χ1n) is 7.00. The summed E-state index contributed by atoms with van der Waals surface area (Å²) in [5, 5.41) is 3.38. The molecule has 4 nitrogen and oxygen atoms in total. The van der Waals surface area contributed by atoms with E-state index < -0.39 is 0 Å². The van der Waals surface area contributed by atoms with Gasteiger partial charge in [0.05, 0.1) is 18.7 Å². The molecular weight excluding hydrogens is 320 g/mol. The van der Waals surface area contributed by atoms with Gasteiger partial charge in [0.25, 0.3) is 0 Å². The molecule has 2 rings (SSSR count). The predicted molar refractivity (Wildman–Crippen MR) is 85.0 cm³/mol. The van der Waals surface area contributed by atoms with Gasteiger partial charge in [0.1, 0.15) is 11.5 Å². The zero-order chi connectivity index (χ0) is 14.5. The van der Waals surface area contributed by atoms with Gasteiger partial charge >= 0.3 is 0 Å². The van der Waals surface area contributed by atoms with E-state index in [2.05, 4.69) is 32.2 Å². The second-order valence-corrected chi connectivity index (χ2v) is 5.90. The SMILES string of the molecule is COc1c(Br)cc(CCN2CCNCC2)c(OC)c1C. The molecule has 1 fully saturated rings. The highest BCUT2D eigenvalue weighted by molar-refractivity contribution is 9.10. The maximum Gasteiger partial charge on any atom is 0.139 e. The Morgan fingerprint density at radius 1 is 1.20 bits per heavy atom. The van der Waals surface area contributed by atoms with Crippen molar-refractivity contribution in [2.24, 2.45) is 0 Å². The van der Waals surface area contributed by atoms with Crippen LogP contribution in [0, 0.1) is 6.92 Å². The lowest BCUT2D eigenvalue weighted by Gasteiger charge is -2.27. The first-order valence-corrected chi connectivity index (χ1v) is 7.79. The Balaban J connectivity index is 2.14. The molecule has 0 atom stereocenters. The van der Waals surface area contributed by atoms with Gasteiger partial charge in [-0.15, -0.1) is 0 Å². The molecule has 1 aromatic carbocycles. The highest BCUT2D eigenvalue weighted by Crippen LogP contribution is 2.38. The summed E-state index contributed by atoms with van der Waals surface area (Å²) in [4.78, 5) is 2.49. The quantitative estimate of drug-likeness (QED) is 0.889. The normalized spacial score (nSPS) is 16.2. The van der Waals surface area contributed by atoms with E-state index in [-0.39, 0.29) is 0 Å². The highest BCUT2D eigenvalue weighted by atomic mass is 79.9. The minimum absolute atomic E-state index is 0.854. The Bertz CT molecular complexity index is 460. The van der Waals surface area contributed by atoms with E-state index in [4.69, 9.17) is 9.47 Å². The molecule has 5 heteroatoms. The maximum absolute atomic E-state index is 5.58. The van der Waals surface area contributed by atoms with E-state index in [1.165, 1.54) is 5.56 Å². The number of halogens is 1. The molecule has 0 spiro atoms. The van der Waals surface area contributed by atoms with E-state index in [9.17, 15) is 0 Å². The molecule has 0 aliphatic carbocycles. The van der Waals surface area contributed by atoms with Crippen LogP contribution in [0.3, 0.4) is 0 Å². The summed E-state index contributed by atoms with van der Waals surface area (Å²) >= 11 is 3.58. The molecular formula is C15H23BrN2O2. The number of ether oxygens (including phenoxy) is 2. The fourth-order valence-corrected chi connectivity index (χ4v) is 3.48. The third-order valence-electron chi connectivity index (χ3n) is 3.81. The van der Waals surface area contributed by atoms with Crippen molar-refractivity contribution in [1.29, 1.82) is 0 Å². The highest BCUT2D eigenvalue weighted by Gasteiger charge is 2.16. The van der Waals surface area contributed by atoms with Crippen molar-refractivity contribution in [3.05, 3.63) is 21.7 Å². The van der Waals surface area contributed by atoms with Crippen LogP contribution in [0.25, 0.3) is 0 Å². The van der Waals surface area contributed by atoms with Crippen LogP contribution in [0.4, 0.5) is 0 Å². The monoisotopic (exact) mass is 342 g/mol. The second-order valence-electron chi connectivity index (χ2n) is 5.05. The standard InChI is InChI=1S/C15H23BrN2O2/c1-11-14(19-2)12(10-13(16)15(11)20-3)4-7-18-8-5-17-6-9-18/h10,17H,4-9H2,1-3H3. The van der Waals surface area contributed by atoms with Crippen LogP contribution < -0.4 is 14.8 Å². The molecule has 0 aromatic heterocycles. The summed E-state index contributed by atoms with van der Waals surface area (Å²) in [7, 11) is 3.41. The van der Waals surface area contributed by atoms with E-state index in [1.807, 2.05) is 6.92 Å². The maximum atomic E-state index is 5.58. The van der Waals surface area contributed by atoms with Crippen LogP contribution in [0.1, 0.15) is 11.1 Å². The number of rotatable bonds is 5. The number of hydrogen-bond donors (Lipinski definition) is 1. The van der Waals surface area contributed by atoms with E-state index in [0.717, 1.165) is 60.7 Å². The van der Waals surface area contributed by atoms with Crippen molar-refractivity contribution >= 4 is 15.9 Å². The van der Waals surface area contributed by atoms with Crippen molar-refractivity contribution < 1.29 is 9.47 Å². The lowest BCUT2D eigenvalue weighted by Crippen LogP contribution is -2.44. The molecule has 1 saturated heterocycles. The Hall–Kier alpha value is -0.780. The first kappa shape index (κ1) is 15.6. The smallest absolute Gasteiger partial charge is 0.139 e. The number of nitrogens with zero attached hydrogens (tertiary/aromatic N) is 1. The molecule has 0 bridgehead atoms. The molecule has 0 amide bonds. The van der Waals surface area contributed by atoms with Crippen LogP contribution >= 0.6 is 15.9 Å². The Morgan fingerprint density at radius 3 is 2.45 bits per heavy atom. The van der Waals surface area contributed by atoms with Crippen molar-refractivity contribution in [1.82, 2.24) is 10.2 Å². The average Bonchev–Trinajstić information content (AvgIpc) is 2.46. The van der Waals surface area contributed by atoms with Gasteiger partial charge < -0.3 is 19.7 Å². The Labute approximate surface area is 129 Å². The lowest BCUT2D eigenvalue weighted by atomic mass is 10.1. The minimum Gasteiger partial charge on any atom is -0.496 e. The Morgan fingerprint density at radius 2 is 1.85 bits per heavy atom. The number of benzene rings is 1. The summed E-state index contributed by atoms with van der Waals surface area (Å²) in [6, 6.07) is 2.12. The molecule has 1 aliphatic rings. The molecule has 0 unspecified atom stereocenters. The van der Waals surface area contributed by atoms with E-state index in [0.29, 0.717) is 0 Å². The van der Waals surface area contributed by atoms with E-state index >= 15 is 0 Å². The molecule has 112 valence electrons. The van der Waals surface area contributed by atoms with Gasteiger partial charge in [0.15, 0.2) is 0 Å². The topological polar surface area (TPSA) is 33.7 Å². The van der Waals surface area contributed by atoms with Crippen LogP contribution in [0.5, 0.6) is 11.5 Å². The summed E-state index contributed by atoms with van der Waals surface area (Å²) in [6.45, 7) is 7.52. The van der Waals surface area contributed by atoms with Gasteiger partial charge in [0, 0.05) is 38.3 Å². The average molecular weight is 343 g/mol. The van der Waals surface area contributed by atoms with Gasteiger partial charge in [-0.1, -0.05) is 0 Å². The van der Waals surface area contributed by atoms with Gasteiger partial charge in [-0.25, -0.2) is 0 Å². The van der Waals surface area contributed by atoms with E-state index in [1.54, 1.807) is 14.2 Å². The van der Waals surface area contributed by atoms with Crippen LogP contribution in [0.15, 0.2) is 10.5 Å². The summed E-state index contributed by atoms with van der Waals surface area (Å²) in [6.07, 6.45) is 0.993. The summed E-state index contributed by atoms with van der Waals surface area (Å²) < 4.78 is 12.0. The van der Waals surface area contributed by atoms with Crippen LogP contribution in [-0.2, 0) is 6.42 Å². The summed E-state index contributed by atoms with van der Waals surface area (Å²) in [5.74, 6) is 1.80. The molecule has 1 aliphatic heterocycles. The third-order valence-corrected chi connectivity index (χ3v) is 4.39. The van der Waals surface area contributed by atoms with Crippen molar-refractivity contribution in [3.8, 4) is 11.5 Å². The number of piperazine rings is 1. The van der Waals surface area contributed by atoms with Crippen molar-refractivity contribution in [2.45, 2.75) is 13.3 Å². The van der Waals surface area contributed by atoms with Crippen LogP contribution in [0.2, 0.25) is 0 Å². The largest absolute Gasteiger partial charge is 0.496 e. The lowest BCUT2D eigenvalue weighted by molar-refractivity contribution is 0.243. The molecule has 20 heavy (non-hydrogen) atoms. The fraction of sp³-hybridized carbons (Fsp3) is 0.600. The van der Waals surface area contributed by atoms with Crippen LogP contribution in [-0.4, -0.2) is 51.8 Å². The molecule has 0 saturated carbocycles. The number of nitrogens with one attached hydrogen (secondary N) is 1. The number of hydrogen-bond acceptors (Lipinski definition) is 4. The second kappa shape index (κ2) is 7.29. The molecule has 1 heterocycles. The molecule has 1 N–H and O–H groups in total. The van der Waals surface area contributed by atoms with Gasteiger partial charge in [-0.2, -0.15) is 0 Å². The van der Waals surface area contributed by atoms with Gasteiger partial charge in [-0.05, 0) is 40.9 Å². The number of methoxy groups -OCH3 is 2. The van der Waals surface area contributed by atoms with Gasteiger partial charge in [0.2, 0.25) is 0 Å². The first-order chi connectivity index (χ1) is 9.67. The molecule has 1 aromatic rings. The summed E-state index contributed by atoms with van der Waals surface area (Å²) in [5.41, 5.74) is 2.29. The zero-order valence-electron chi connectivity index (χ0n) is 12.5. The van der Waals surface area contributed by atoms with Gasteiger partial charge in [-0.3, -0.25) is 0 Å². The molecule has 0 radical (unpaired) electrons. The predicted octanol–water partition coefficient (Wildman–Crippen LogP) is 2.22. The Kier molecular flexibility index (Phi) is 5.69.